The minimum Gasteiger partial charge on any atom is -0.311 e. The van der Waals surface area contributed by atoms with Crippen LogP contribution in [0, 0.1) is 0 Å². The zero-order chi connectivity index (χ0) is 41.2. The molecular weight excluding hydrogens is 771 g/mol. The number of anilines is 9. The first-order chi connectivity index (χ1) is 30.8. The number of rotatable bonds is 10. The molecule has 0 amide bonds. The van der Waals surface area contributed by atoms with Crippen molar-refractivity contribution in [1.29, 1.82) is 0 Å². The van der Waals surface area contributed by atoms with E-state index in [1.54, 1.807) is 0 Å². The van der Waals surface area contributed by atoms with Gasteiger partial charge in [-0.1, -0.05) is 140 Å². The minimum atomic E-state index is 1.08. The summed E-state index contributed by atoms with van der Waals surface area (Å²) in [5, 5.41) is 4.90. The molecular formula is C58H41N3S. The van der Waals surface area contributed by atoms with E-state index in [9.17, 15) is 0 Å². The van der Waals surface area contributed by atoms with E-state index < -0.39 is 0 Å². The van der Waals surface area contributed by atoms with Gasteiger partial charge in [-0.3, -0.25) is 0 Å². The summed E-state index contributed by atoms with van der Waals surface area (Å²) in [4.78, 5) is 7.12. The number of para-hydroxylation sites is 6. The average Bonchev–Trinajstić information content (AvgIpc) is 3.71. The van der Waals surface area contributed by atoms with Gasteiger partial charge in [0, 0.05) is 59.7 Å². The van der Waals surface area contributed by atoms with Gasteiger partial charge in [0.1, 0.15) is 0 Å². The van der Waals surface area contributed by atoms with Crippen molar-refractivity contribution in [2.75, 3.05) is 14.7 Å². The Labute approximate surface area is 366 Å². The van der Waals surface area contributed by atoms with Crippen molar-refractivity contribution >= 4 is 93.5 Å². The van der Waals surface area contributed by atoms with Gasteiger partial charge in [-0.2, -0.15) is 0 Å². The molecule has 0 unspecified atom stereocenters. The highest BCUT2D eigenvalue weighted by Gasteiger charge is 2.24. The monoisotopic (exact) mass is 811 g/mol. The van der Waals surface area contributed by atoms with E-state index in [-0.39, 0.29) is 0 Å². The van der Waals surface area contributed by atoms with E-state index in [4.69, 9.17) is 0 Å². The standard InChI is InChI=1S/C58H41N3S/c1-5-20-45(21-6-1)59(46-22-7-2-8-23-46)49-35-32-42(33-36-49)44-34-38-57-52(40-44)53-41-50(37-39-58(53)62-57)60(47-24-9-3-10-25-47)55-29-15-16-30-56(55)61(48-26-11-4-12-27-48)54-31-17-19-43-18-13-14-28-51(43)54/h1-41H. The van der Waals surface area contributed by atoms with E-state index in [2.05, 4.69) is 263 Å². The second kappa shape index (κ2) is 16.3. The largest absolute Gasteiger partial charge is 0.311 e. The molecule has 62 heavy (non-hydrogen) atoms. The van der Waals surface area contributed by atoms with E-state index in [1.807, 2.05) is 11.3 Å². The molecule has 0 fully saturated rings. The molecule has 0 saturated carbocycles. The Bertz CT molecular complexity index is 3250. The van der Waals surface area contributed by atoms with Gasteiger partial charge in [0.15, 0.2) is 0 Å². The Kier molecular flexibility index (Phi) is 9.74. The van der Waals surface area contributed by atoms with Crippen LogP contribution in [0.5, 0.6) is 0 Å². The van der Waals surface area contributed by atoms with Crippen molar-refractivity contribution in [3.8, 4) is 11.1 Å². The van der Waals surface area contributed by atoms with Crippen LogP contribution in [-0.2, 0) is 0 Å². The Morgan fingerprint density at radius 2 is 0.661 bits per heavy atom. The molecule has 0 aliphatic heterocycles. The molecule has 1 heterocycles. The van der Waals surface area contributed by atoms with Crippen molar-refractivity contribution in [2.24, 2.45) is 0 Å². The fourth-order valence-electron chi connectivity index (χ4n) is 8.72. The maximum Gasteiger partial charge on any atom is 0.0702 e. The lowest BCUT2D eigenvalue weighted by Crippen LogP contribution is -2.17. The van der Waals surface area contributed by atoms with Crippen LogP contribution in [0.2, 0.25) is 0 Å². The number of fused-ring (bicyclic) bond motifs is 4. The lowest BCUT2D eigenvalue weighted by Gasteiger charge is -2.33. The summed E-state index contributed by atoms with van der Waals surface area (Å²) in [5.74, 6) is 0. The number of hydrogen-bond acceptors (Lipinski definition) is 4. The molecule has 11 rings (SSSR count). The molecule has 0 aliphatic rings. The van der Waals surface area contributed by atoms with E-state index in [0.717, 1.165) is 51.2 Å². The SMILES string of the molecule is c1ccc(N(c2ccccc2)c2ccc(-c3ccc4sc5ccc(N(c6ccccc6)c6ccccc6N(c6ccccc6)c6cccc7ccccc67)cc5c4c3)cc2)cc1. The van der Waals surface area contributed by atoms with E-state index >= 15 is 0 Å². The third-order valence-corrected chi connectivity index (χ3v) is 12.8. The number of thiophene rings is 1. The molecule has 0 atom stereocenters. The molecule has 4 heteroatoms. The third kappa shape index (κ3) is 6.93. The summed E-state index contributed by atoms with van der Waals surface area (Å²) in [5.41, 5.74) is 12.3. The molecule has 294 valence electrons. The van der Waals surface area contributed by atoms with Crippen LogP contribution in [-0.4, -0.2) is 0 Å². The number of benzene rings is 10. The first-order valence-corrected chi connectivity index (χ1v) is 21.8. The average molecular weight is 812 g/mol. The van der Waals surface area contributed by atoms with Crippen LogP contribution in [0.1, 0.15) is 0 Å². The Hall–Kier alpha value is -7.92. The quantitative estimate of drug-likeness (QED) is 0.136. The molecule has 11 aromatic rings. The van der Waals surface area contributed by atoms with Crippen LogP contribution in [0.4, 0.5) is 51.2 Å². The Morgan fingerprint density at radius 3 is 1.29 bits per heavy atom. The number of nitrogens with zero attached hydrogens (tertiary/aromatic N) is 3. The molecule has 0 N–H and O–H groups in total. The molecule has 0 radical (unpaired) electrons. The van der Waals surface area contributed by atoms with Gasteiger partial charge in [-0.25, -0.2) is 0 Å². The van der Waals surface area contributed by atoms with Crippen LogP contribution in [0.15, 0.2) is 249 Å². The zero-order valence-corrected chi connectivity index (χ0v) is 34.7. The minimum absolute atomic E-state index is 1.08. The lowest BCUT2D eigenvalue weighted by molar-refractivity contribution is 1.23. The highest BCUT2D eigenvalue weighted by atomic mass is 32.1. The van der Waals surface area contributed by atoms with Gasteiger partial charge in [0.25, 0.3) is 0 Å². The van der Waals surface area contributed by atoms with Crippen molar-refractivity contribution in [3.05, 3.63) is 249 Å². The van der Waals surface area contributed by atoms with Crippen LogP contribution in [0.25, 0.3) is 42.1 Å². The summed E-state index contributed by atoms with van der Waals surface area (Å²) in [6.07, 6.45) is 0. The third-order valence-electron chi connectivity index (χ3n) is 11.6. The first-order valence-electron chi connectivity index (χ1n) is 21.0. The fourth-order valence-corrected chi connectivity index (χ4v) is 9.79. The van der Waals surface area contributed by atoms with Gasteiger partial charge in [0.05, 0.1) is 17.1 Å². The van der Waals surface area contributed by atoms with Gasteiger partial charge < -0.3 is 14.7 Å². The molecule has 10 aromatic carbocycles. The molecule has 0 spiro atoms. The highest BCUT2D eigenvalue weighted by molar-refractivity contribution is 7.25. The lowest BCUT2D eigenvalue weighted by atomic mass is 10.0. The van der Waals surface area contributed by atoms with E-state index in [1.165, 1.54) is 42.1 Å². The second-order valence-corrected chi connectivity index (χ2v) is 16.5. The van der Waals surface area contributed by atoms with Gasteiger partial charge in [-0.15, -0.1) is 11.3 Å². The molecule has 1 aromatic heterocycles. The summed E-state index contributed by atoms with van der Waals surface area (Å²) >= 11 is 1.85. The molecule has 0 aliphatic carbocycles. The van der Waals surface area contributed by atoms with Gasteiger partial charge in [0.2, 0.25) is 0 Å². The fraction of sp³-hybridized carbons (Fsp3) is 0. The van der Waals surface area contributed by atoms with Crippen LogP contribution >= 0.6 is 11.3 Å². The maximum atomic E-state index is 2.41. The van der Waals surface area contributed by atoms with Crippen molar-refractivity contribution < 1.29 is 0 Å². The van der Waals surface area contributed by atoms with Crippen LogP contribution < -0.4 is 14.7 Å². The van der Waals surface area contributed by atoms with Gasteiger partial charge in [-0.05, 0) is 126 Å². The number of hydrogen-bond donors (Lipinski definition) is 0. The van der Waals surface area contributed by atoms with Crippen molar-refractivity contribution in [3.63, 3.8) is 0 Å². The summed E-state index contributed by atoms with van der Waals surface area (Å²) in [7, 11) is 0. The highest BCUT2D eigenvalue weighted by Crippen LogP contribution is 2.48. The van der Waals surface area contributed by atoms with Gasteiger partial charge >= 0.3 is 0 Å². The predicted octanol–water partition coefficient (Wildman–Crippen LogP) is 17.3. The van der Waals surface area contributed by atoms with Crippen molar-refractivity contribution in [1.82, 2.24) is 0 Å². The maximum absolute atomic E-state index is 2.41. The smallest absolute Gasteiger partial charge is 0.0702 e. The second-order valence-electron chi connectivity index (χ2n) is 15.4. The molecule has 3 nitrogen and oxygen atoms in total. The summed E-state index contributed by atoms with van der Waals surface area (Å²) in [6, 6.07) is 89.5. The first kappa shape index (κ1) is 37.1. The van der Waals surface area contributed by atoms with Crippen LogP contribution in [0.3, 0.4) is 0 Å². The predicted molar refractivity (Wildman–Crippen MR) is 266 cm³/mol. The summed E-state index contributed by atoms with van der Waals surface area (Å²) < 4.78 is 2.54. The summed E-state index contributed by atoms with van der Waals surface area (Å²) in [6.45, 7) is 0. The topological polar surface area (TPSA) is 9.72 Å². The van der Waals surface area contributed by atoms with Crippen molar-refractivity contribution in [2.45, 2.75) is 0 Å². The Balaban J connectivity index is 1.03. The van der Waals surface area contributed by atoms with E-state index in [0.29, 0.717) is 0 Å². The normalized spacial score (nSPS) is 11.2. The molecule has 0 saturated heterocycles. The molecule has 0 bridgehead atoms. The zero-order valence-electron chi connectivity index (χ0n) is 33.9. The Morgan fingerprint density at radius 1 is 0.242 bits per heavy atom.